The summed E-state index contributed by atoms with van der Waals surface area (Å²) >= 11 is 6.08. The molecule has 0 aromatic carbocycles. The van der Waals surface area contributed by atoms with Crippen LogP contribution in [0.2, 0.25) is 5.15 Å². The van der Waals surface area contributed by atoms with E-state index in [2.05, 4.69) is 25.6 Å². The summed E-state index contributed by atoms with van der Waals surface area (Å²) < 4.78 is 43.9. The van der Waals surface area contributed by atoms with Gasteiger partial charge < -0.3 is 20.5 Å². The number of alkyl halides is 3. The van der Waals surface area contributed by atoms with Crippen molar-refractivity contribution < 1.29 is 27.8 Å². The summed E-state index contributed by atoms with van der Waals surface area (Å²) in [6.45, 7) is 0.0678. The van der Waals surface area contributed by atoms with Crippen molar-refractivity contribution in [3.05, 3.63) is 40.9 Å². The summed E-state index contributed by atoms with van der Waals surface area (Å²) in [6.07, 6.45) is -8.50. The van der Waals surface area contributed by atoms with E-state index in [1.807, 2.05) is 0 Å². The molecular weight excluding hydrogens is 415 g/mol. The van der Waals surface area contributed by atoms with E-state index < -0.39 is 30.4 Å². The average Bonchev–Trinajstić information content (AvgIpc) is 2.71. The zero-order chi connectivity index (χ0) is 21.2. The molecule has 1 amide bonds. The number of ether oxygens (including phenoxy) is 1. The highest BCUT2D eigenvalue weighted by Crippen LogP contribution is 2.31. The molecule has 29 heavy (non-hydrogen) atoms. The van der Waals surface area contributed by atoms with E-state index in [1.165, 1.54) is 25.5 Å². The summed E-state index contributed by atoms with van der Waals surface area (Å²) in [5.41, 5.74) is 1.16. The molecule has 1 fully saturated rings. The highest BCUT2D eigenvalue weighted by molar-refractivity contribution is 6.29. The minimum atomic E-state index is -4.80. The third-order valence-corrected chi connectivity index (χ3v) is 4.47. The van der Waals surface area contributed by atoms with Crippen molar-refractivity contribution in [3.63, 3.8) is 0 Å². The first-order chi connectivity index (χ1) is 13.7. The molecule has 0 saturated carbocycles. The van der Waals surface area contributed by atoms with Gasteiger partial charge in [-0.15, -0.1) is 0 Å². The van der Waals surface area contributed by atoms with Gasteiger partial charge in [-0.1, -0.05) is 11.6 Å². The minimum absolute atomic E-state index is 0.0692. The Morgan fingerprint density at radius 3 is 2.76 bits per heavy atom. The third-order valence-electron chi connectivity index (χ3n) is 4.28. The molecule has 3 rings (SSSR count). The normalized spacial score (nSPS) is 20.9. The standard InChI is InChI=1S/C17H17ClF3N5O3/c1-22-16(28)11-4-9(24-7-25-11)10-2-8(3-14(18)26-10)12-5-23-6-13(29-12)15(27)17(19,20)21/h2-4,7,12-13,15,23,27H,5-6H2,1H3,(H,22,28)/t12-,13-,15?/m0/s1. The molecule has 0 aliphatic carbocycles. The van der Waals surface area contributed by atoms with E-state index in [1.54, 1.807) is 6.07 Å². The van der Waals surface area contributed by atoms with Gasteiger partial charge in [-0.25, -0.2) is 15.0 Å². The second-order valence-corrected chi connectivity index (χ2v) is 6.67. The second-order valence-electron chi connectivity index (χ2n) is 6.28. The number of hydrogen-bond donors (Lipinski definition) is 3. The van der Waals surface area contributed by atoms with Crippen LogP contribution in [0.3, 0.4) is 0 Å². The summed E-state index contributed by atoms with van der Waals surface area (Å²) in [4.78, 5) is 23.9. The summed E-state index contributed by atoms with van der Waals surface area (Å²) in [5.74, 6) is -0.417. The number of aliphatic hydroxyl groups is 1. The van der Waals surface area contributed by atoms with Crippen LogP contribution in [-0.2, 0) is 4.74 Å². The Morgan fingerprint density at radius 2 is 2.07 bits per heavy atom. The molecule has 2 aromatic heterocycles. The van der Waals surface area contributed by atoms with E-state index in [-0.39, 0.29) is 23.9 Å². The number of aliphatic hydroxyl groups excluding tert-OH is 1. The van der Waals surface area contributed by atoms with Gasteiger partial charge >= 0.3 is 6.18 Å². The van der Waals surface area contributed by atoms with Crippen LogP contribution >= 0.6 is 11.6 Å². The molecule has 3 atom stereocenters. The van der Waals surface area contributed by atoms with Crippen LogP contribution in [0, 0.1) is 0 Å². The van der Waals surface area contributed by atoms with Crippen LogP contribution in [0.4, 0.5) is 13.2 Å². The van der Waals surface area contributed by atoms with Gasteiger partial charge in [-0.3, -0.25) is 4.79 Å². The van der Waals surface area contributed by atoms with Crippen LogP contribution in [0.1, 0.15) is 22.2 Å². The van der Waals surface area contributed by atoms with Gasteiger partial charge in [0.25, 0.3) is 5.91 Å². The third kappa shape index (κ3) is 4.99. The van der Waals surface area contributed by atoms with Crippen molar-refractivity contribution in [1.82, 2.24) is 25.6 Å². The van der Waals surface area contributed by atoms with Crippen molar-refractivity contribution in [3.8, 4) is 11.4 Å². The maximum atomic E-state index is 12.8. The lowest BCUT2D eigenvalue weighted by Crippen LogP contribution is -2.51. The smallest absolute Gasteiger partial charge is 0.381 e. The number of pyridine rings is 1. The van der Waals surface area contributed by atoms with Gasteiger partial charge in [-0.2, -0.15) is 13.2 Å². The quantitative estimate of drug-likeness (QED) is 0.629. The fourth-order valence-corrected chi connectivity index (χ4v) is 3.06. The Hall–Kier alpha value is -2.34. The highest BCUT2D eigenvalue weighted by atomic mass is 35.5. The molecular formula is C17H17ClF3N5O3. The van der Waals surface area contributed by atoms with Crippen LogP contribution in [0.25, 0.3) is 11.4 Å². The van der Waals surface area contributed by atoms with Gasteiger partial charge in [0.1, 0.15) is 23.3 Å². The summed E-state index contributed by atoms with van der Waals surface area (Å²) in [5, 5.41) is 14.8. The molecule has 1 unspecified atom stereocenters. The van der Waals surface area contributed by atoms with Crippen molar-refractivity contribution in [2.45, 2.75) is 24.5 Å². The number of nitrogens with zero attached hydrogens (tertiary/aromatic N) is 3. The largest absolute Gasteiger partial charge is 0.416 e. The molecule has 1 aliphatic rings. The Kier molecular flexibility index (Phi) is 6.32. The SMILES string of the molecule is CNC(=O)c1cc(-c2cc([C@@H]3CNC[C@@H](C(O)C(F)(F)F)O3)cc(Cl)n2)ncn1. The van der Waals surface area contributed by atoms with E-state index >= 15 is 0 Å². The predicted molar refractivity (Wildman–Crippen MR) is 96.2 cm³/mol. The van der Waals surface area contributed by atoms with E-state index in [9.17, 15) is 23.1 Å². The van der Waals surface area contributed by atoms with E-state index in [0.717, 1.165) is 0 Å². The highest BCUT2D eigenvalue weighted by Gasteiger charge is 2.46. The Labute approximate surface area is 168 Å². The number of carbonyl (C=O) groups is 1. The lowest BCUT2D eigenvalue weighted by molar-refractivity contribution is -0.246. The van der Waals surface area contributed by atoms with E-state index in [0.29, 0.717) is 17.0 Å². The van der Waals surface area contributed by atoms with Crippen molar-refractivity contribution >= 4 is 17.5 Å². The Bertz CT molecular complexity index is 899. The zero-order valence-corrected chi connectivity index (χ0v) is 15.8. The number of aromatic nitrogens is 3. The number of nitrogens with one attached hydrogen (secondary N) is 2. The first-order valence-corrected chi connectivity index (χ1v) is 8.89. The molecule has 8 nitrogen and oxygen atoms in total. The fraction of sp³-hybridized carbons (Fsp3) is 0.412. The maximum Gasteiger partial charge on any atom is 0.416 e. The molecule has 2 aromatic rings. The minimum Gasteiger partial charge on any atom is -0.381 e. The lowest BCUT2D eigenvalue weighted by atomic mass is 10.0. The monoisotopic (exact) mass is 431 g/mol. The molecule has 1 saturated heterocycles. The van der Waals surface area contributed by atoms with Crippen molar-refractivity contribution in [2.75, 3.05) is 20.1 Å². The number of halogens is 4. The summed E-state index contributed by atoms with van der Waals surface area (Å²) in [7, 11) is 1.46. The van der Waals surface area contributed by atoms with Gasteiger partial charge in [0.15, 0.2) is 6.10 Å². The zero-order valence-electron chi connectivity index (χ0n) is 15.1. The number of morpholine rings is 1. The van der Waals surface area contributed by atoms with Gasteiger partial charge in [0.05, 0.1) is 17.5 Å². The fourth-order valence-electron chi connectivity index (χ4n) is 2.84. The molecule has 0 radical (unpaired) electrons. The van der Waals surface area contributed by atoms with Crippen LogP contribution in [0.5, 0.6) is 0 Å². The molecule has 3 N–H and O–H groups in total. The first-order valence-electron chi connectivity index (χ1n) is 8.52. The number of amides is 1. The second kappa shape index (κ2) is 8.57. The van der Waals surface area contributed by atoms with Gasteiger partial charge in [0, 0.05) is 20.1 Å². The van der Waals surface area contributed by atoms with Gasteiger partial charge in [0.2, 0.25) is 0 Å². The van der Waals surface area contributed by atoms with E-state index in [4.69, 9.17) is 16.3 Å². The van der Waals surface area contributed by atoms with Crippen molar-refractivity contribution in [2.24, 2.45) is 0 Å². The number of rotatable bonds is 4. The molecule has 156 valence electrons. The topological polar surface area (TPSA) is 109 Å². The number of hydrogen-bond acceptors (Lipinski definition) is 7. The van der Waals surface area contributed by atoms with Crippen LogP contribution < -0.4 is 10.6 Å². The lowest BCUT2D eigenvalue weighted by Gasteiger charge is -2.34. The van der Waals surface area contributed by atoms with Gasteiger partial charge in [-0.05, 0) is 23.8 Å². The number of carbonyl (C=O) groups excluding carboxylic acids is 1. The molecule has 1 aliphatic heterocycles. The Morgan fingerprint density at radius 1 is 1.31 bits per heavy atom. The van der Waals surface area contributed by atoms with Crippen LogP contribution in [-0.4, -0.2) is 64.5 Å². The van der Waals surface area contributed by atoms with Crippen LogP contribution in [0.15, 0.2) is 24.5 Å². The van der Waals surface area contributed by atoms with Crippen molar-refractivity contribution in [1.29, 1.82) is 0 Å². The maximum absolute atomic E-state index is 12.8. The predicted octanol–water partition coefficient (Wildman–Crippen LogP) is 1.50. The molecule has 0 spiro atoms. The summed E-state index contributed by atoms with van der Waals surface area (Å²) in [6, 6.07) is 4.43. The molecule has 12 heteroatoms. The average molecular weight is 432 g/mol. The first kappa shape index (κ1) is 21.4. The molecule has 0 bridgehead atoms. The molecule has 3 heterocycles. The Balaban J connectivity index is 1.89.